The fourth-order valence-electron chi connectivity index (χ4n) is 2.54. The van der Waals surface area contributed by atoms with Gasteiger partial charge in [0.2, 0.25) is 0 Å². The first kappa shape index (κ1) is 17.6. The summed E-state index contributed by atoms with van der Waals surface area (Å²) in [5.74, 6) is 0.894. The second kappa shape index (κ2) is 9.40. The number of benzene rings is 1. The first-order valence-corrected chi connectivity index (χ1v) is 9.07. The third-order valence-electron chi connectivity index (χ3n) is 3.84. The summed E-state index contributed by atoms with van der Waals surface area (Å²) in [6.07, 6.45) is 1.06. The molecule has 0 saturated carbocycles. The Morgan fingerprint density at radius 1 is 1.18 bits per heavy atom. The van der Waals surface area contributed by atoms with Gasteiger partial charge in [-0.1, -0.05) is 35.5 Å². The van der Waals surface area contributed by atoms with E-state index in [9.17, 15) is 4.79 Å². The highest BCUT2D eigenvalue weighted by molar-refractivity contribution is 8.13. The van der Waals surface area contributed by atoms with Crippen LogP contribution >= 0.6 is 23.4 Å². The first-order valence-electron chi connectivity index (χ1n) is 7.71. The van der Waals surface area contributed by atoms with Gasteiger partial charge in [0.25, 0.3) is 5.24 Å². The molecule has 0 aliphatic carbocycles. The monoisotopic (exact) mass is 341 g/mol. The molecule has 1 aromatic carbocycles. The molecule has 1 amide bonds. The van der Waals surface area contributed by atoms with E-state index in [1.54, 1.807) is 7.05 Å². The molecule has 1 heterocycles. The Hall–Kier alpha value is -0.750. The van der Waals surface area contributed by atoms with Crippen LogP contribution in [-0.4, -0.2) is 60.6 Å². The van der Waals surface area contributed by atoms with Gasteiger partial charge >= 0.3 is 0 Å². The second-order valence-electron chi connectivity index (χ2n) is 5.48. The summed E-state index contributed by atoms with van der Waals surface area (Å²) in [5.41, 5.74) is 1.32. The molecule has 1 N–H and O–H groups in total. The molecule has 1 saturated heterocycles. The van der Waals surface area contributed by atoms with Crippen LogP contribution in [0.2, 0.25) is 5.02 Å². The Labute approximate surface area is 142 Å². The molecule has 0 aromatic heterocycles. The van der Waals surface area contributed by atoms with Gasteiger partial charge in [0.1, 0.15) is 0 Å². The van der Waals surface area contributed by atoms with Crippen LogP contribution in [0, 0.1) is 0 Å². The molecule has 22 heavy (non-hydrogen) atoms. The fourth-order valence-corrected chi connectivity index (χ4v) is 3.27. The van der Waals surface area contributed by atoms with Gasteiger partial charge in [0.15, 0.2) is 0 Å². The number of carbonyl (C=O) groups is 1. The molecule has 0 atom stereocenters. The minimum absolute atomic E-state index is 0.0628. The third kappa shape index (κ3) is 6.16. The summed E-state index contributed by atoms with van der Waals surface area (Å²) in [5, 5.41) is 3.49. The van der Waals surface area contributed by atoms with Gasteiger partial charge in [0.05, 0.1) is 0 Å². The number of nitrogens with zero attached hydrogens (tertiary/aromatic N) is 2. The van der Waals surface area contributed by atoms with Crippen molar-refractivity contribution in [3.05, 3.63) is 34.9 Å². The van der Waals surface area contributed by atoms with Crippen LogP contribution < -0.4 is 5.32 Å². The topological polar surface area (TPSA) is 35.6 Å². The average Bonchev–Trinajstić information content (AvgIpc) is 2.55. The number of carbonyl (C=O) groups excluding carboxylic acids is 1. The molecule has 2 rings (SSSR count). The zero-order chi connectivity index (χ0) is 15.8. The van der Waals surface area contributed by atoms with Crippen molar-refractivity contribution < 1.29 is 4.79 Å². The van der Waals surface area contributed by atoms with Gasteiger partial charge in [0, 0.05) is 50.5 Å². The zero-order valence-corrected chi connectivity index (χ0v) is 14.6. The molecule has 4 nitrogen and oxygen atoms in total. The maximum Gasteiger partial charge on any atom is 0.278 e. The zero-order valence-electron chi connectivity index (χ0n) is 13.1. The minimum Gasteiger partial charge on any atom is -0.350 e. The maximum atomic E-state index is 11.1. The predicted octanol–water partition coefficient (Wildman–Crippen LogP) is 2.92. The smallest absolute Gasteiger partial charge is 0.278 e. The molecule has 6 heteroatoms. The van der Waals surface area contributed by atoms with Gasteiger partial charge in [-0.05, 0) is 30.7 Å². The molecule has 1 aliphatic heterocycles. The largest absolute Gasteiger partial charge is 0.350 e. The molecule has 0 spiro atoms. The highest BCUT2D eigenvalue weighted by Gasteiger charge is 2.16. The van der Waals surface area contributed by atoms with Crippen LogP contribution in [-0.2, 0) is 6.54 Å². The van der Waals surface area contributed by atoms with E-state index in [0.29, 0.717) is 0 Å². The lowest BCUT2D eigenvalue weighted by molar-refractivity contribution is 0.127. The Balaban J connectivity index is 1.61. The highest BCUT2D eigenvalue weighted by Crippen LogP contribution is 2.13. The average molecular weight is 342 g/mol. The minimum atomic E-state index is 0.0628. The molecular formula is C16H24ClN3OS. The number of rotatable bonds is 6. The van der Waals surface area contributed by atoms with Gasteiger partial charge in [-0.15, -0.1) is 0 Å². The van der Waals surface area contributed by atoms with Gasteiger partial charge in [-0.25, -0.2) is 0 Å². The molecule has 122 valence electrons. The summed E-state index contributed by atoms with van der Waals surface area (Å²) in [6.45, 7) is 6.50. The summed E-state index contributed by atoms with van der Waals surface area (Å²) >= 11 is 7.29. The van der Waals surface area contributed by atoms with Crippen molar-refractivity contribution in [1.29, 1.82) is 0 Å². The first-order chi connectivity index (χ1) is 10.7. The lowest BCUT2D eigenvalue weighted by Gasteiger charge is -2.34. The second-order valence-corrected chi connectivity index (χ2v) is 6.99. The molecule has 1 fully saturated rings. The number of nitrogens with one attached hydrogen (secondary N) is 1. The fraction of sp³-hybridized carbons (Fsp3) is 0.562. The Kier molecular flexibility index (Phi) is 7.52. The Morgan fingerprint density at radius 3 is 2.45 bits per heavy atom. The molecule has 0 bridgehead atoms. The summed E-state index contributed by atoms with van der Waals surface area (Å²) in [4.78, 5) is 16.1. The van der Waals surface area contributed by atoms with Crippen molar-refractivity contribution in [2.24, 2.45) is 0 Å². The van der Waals surface area contributed by atoms with Crippen molar-refractivity contribution >= 4 is 28.6 Å². The molecule has 0 radical (unpaired) electrons. The normalized spacial score (nSPS) is 16.6. The van der Waals surface area contributed by atoms with E-state index in [0.717, 1.165) is 56.5 Å². The van der Waals surface area contributed by atoms with E-state index in [-0.39, 0.29) is 5.24 Å². The van der Waals surface area contributed by atoms with E-state index in [1.807, 2.05) is 12.1 Å². The van der Waals surface area contributed by atoms with Gasteiger partial charge in [-0.3, -0.25) is 9.69 Å². The number of piperazine rings is 1. The number of halogens is 1. The maximum absolute atomic E-state index is 11.1. The number of amides is 1. The molecular weight excluding hydrogens is 318 g/mol. The van der Waals surface area contributed by atoms with Crippen molar-refractivity contribution in [3.8, 4) is 0 Å². The quantitative estimate of drug-likeness (QED) is 0.807. The van der Waals surface area contributed by atoms with Crippen LogP contribution in [0.4, 0.5) is 4.79 Å². The highest BCUT2D eigenvalue weighted by atomic mass is 35.5. The molecule has 0 unspecified atom stereocenters. The Bertz CT molecular complexity index is 461. The van der Waals surface area contributed by atoms with Gasteiger partial charge < -0.3 is 10.2 Å². The van der Waals surface area contributed by atoms with Crippen molar-refractivity contribution in [1.82, 2.24) is 15.1 Å². The van der Waals surface area contributed by atoms with Crippen LogP contribution in [0.3, 0.4) is 0 Å². The lowest BCUT2D eigenvalue weighted by Crippen LogP contribution is -2.46. The Morgan fingerprint density at radius 2 is 1.82 bits per heavy atom. The lowest BCUT2D eigenvalue weighted by atomic mass is 10.2. The van der Waals surface area contributed by atoms with Gasteiger partial charge in [-0.2, -0.15) is 0 Å². The summed E-state index contributed by atoms with van der Waals surface area (Å²) in [6, 6.07) is 8.12. The van der Waals surface area contributed by atoms with Crippen LogP contribution in [0.5, 0.6) is 0 Å². The van der Waals surface area contributed by atoms with Crippen molar-refractivity contribution in [2.45, 2.75) is 13.0 Å². The third-order valence-corrected chi connectivity index (χ3v) is 5.05. The summed E-state index contributed by atoms with van der Waals surface area (Å²) in [7, 11) is 1.68. The number of hydrogen-bond acceptors (Lipinski definition) is 4. The van der Waals surface area contributed by atoms with E-state index in [4.69, 9.17) is 11.6 Å². The van der Waals surface area contributed by atoms with Crippen molar-refractivity contribution in [3.63, 3.8) is 0 Å². The predicted molar refractivity (Wildman–Crippen MR) is 94.7 cm³/mol. The van der Waals surface area contributed by atoms with E-state index >= 15 is 0 Å². The standard InChI is InChI=1S/C16H24ClN3OS/c1-18-16(21)22-12-2-7-19-8-10-20(11-9-19)13-14-3-5-15(17)6-4-14/h3-6H,2,7-13H2,1H3,(H,18,21). The summed E-state index contributed by atoms with van der Waals surface area (Å²) < 4.78 is 0. The van der Waals surface area contributed by atoms with E-state index in [1.165, 1.54) is 17.3 Å². The molecule has 1 aliphatic rings. The SMILES string of the molecule is CNC(=O)SCCCN1CCN(Cc2ccc(Cl)cc2)CC1. The van der Waals surface area contributed by atoms with Crippen LogP contribution in [0.15, 0.2) is 24.3 Å². The van der Waals surface area contributed by atoms with E-state index < -0.39 is 0 Å². The number of hydrogen-bond donors (Lipinski definition) is 1. The van der Waals surface area contributed by atoms with Crippen molar-refractivity contribution in [2.75, 3.05) is 45.5 Å². The van der Waals surface area contributed by atoms with Crippen LogP contribution in [0.1, 0.15) is 12.0 Å². The van der Waals surface area contributed by atoms with Crippen LogP contribution in [0.25, 0.3) is 0 Å². The molecule has 1 aromatic rings. The van der Waals surface area contributed by atoms with E-state index in [2.05, 4.69) is 27.2 Å². The number of thioether (sulfide) groups is 1.